The van der Waals surface area contributed by atoms with Gasteiger partial charge in [-0.1, -0.05) is 72.8 Å². The maximum atomic E-state index is 3.49. The van der Waals surface area contributed by atoms with Crippen LogP contribution in [0.1, 0.15) is 0 Å². The van der Waals surface area contributed by atoms with Crippen LogP contribution in [-0.4, -0.2) is 15.4 Å². The van der Waals surface area contributed by atoms with Crippen LogP contribution in [0.5, 0.6) is 0 Å². The summed E-state index contributed by atoms with van der Waals surface area (Å²) in [5.74, 6) is 0. The molecule has 0 aliphatic carbocycles. The lowest BCUT2D eigenvalue weighted by molar-refractivity contribution is 0.940. The number of aromatic nitrogens is 3. The van der Waals surface area contributed by atoms with Gasteiger partial charge in [-0.25, -0.2) is 0 Å². The molecule has 0 atom stereocenters. The number of aromatic amines is 1. The third-order valence-electron chi connectivity index (χ3n) is 1.66. The average molecular weight is 225 g/mol. The van der Waals surface area contributed by atoms with E-state index in [4.69, 9.17) is 0 Å². The van der Waals surface area contributed by atoms with Crippen molar-refractivity contribution >= 4 is 0 Å². The molecule has 0 aliphatic rings. The molecule has 2 aromatic carbocycles. The zero-order valence-corrected chi connectivity index (χ0v) is 9.48. The second-order valence-corrected chi connectivity index (χ2v) is 2.97. The lowest BCUT2D eigenvalue weighted by atomic mass is 10.4. The van der Waals surface area contributed by atoms with Gasteiger partial charge in [-0.3, -0.25) is 0 Å². The zero-order chi connectivity index (χ0) is 12.0. The van der Waals surface area contributed by atoms with Crippen molar-refractivity contribution in [3.63, 3.8) is 0 Å². The van der Waals surface area contributed by atoms with Crippen molar-refractivity contribution in [1.29, 1.82) is 0 Å². The van der Waals surface area contributed by atoms with E-state index in [-0.39, 0.29) is 0 Å². The van der Waals surface area contributed by atoms with Gasteiger partial charge in [0.15, 0.2) is 0 Å². The summed E-state index contributed by atoms with van der Waals surface area (Å²) < 4.78 is 0. The van der Waals surface area contributed by atoms with Gasteiger partial charge >= 0.3 is 0 Å². The first-order valence-electron chi connectivity index (χ1n) is 5.30. The predicted octanol–water partition coefficient (Wildman–Crippen LogP) is 3.18. The van der Waals surface area contributed by atoms with Gasteiger partial charge in [0.05, 0.1) is 12.4 Å². The molecule has 3 nitrogen and oxygen atoms in total. The van der Waals surface area contributed by atoms with E-state index >= 15 is 0 Å². The summed E-state index contributed by atoms with van der Waals surface area (Å²) in [6.07, 6.45) is 3.17. The summed E-state index contributed by atoms with van der Waals surface area (Å²) in [6, 6.07) is 24.0. The van der Waals surface area contributed by atoms with Crippen molar-refractivity contribution in [2.75, 3.05) is 0 Å². The molecular formula is C14H15N3. The molecule has 0 unspecified atom stereocenters. The van der Waals surface area contributed by atoms with Gasteiger partial charge in [0, 0.05) is 0 Å². The minimum atomic E-state index is 1.58. The summed E-state index contributed by atoms with van der Waals surface area (Å²) >= 11 is 0. The van der Waals surface area contributed by atoms with Crippen molar-refractivity contribution in [2.45, 2.75) is 0 Å². The topological polar surface area (TPSA) is 41.6 Å². The fourth-order valence-electron chi connectivity index (χ4n) is 0.936. The van der Waals surface area contributed by atoms with E-state index in [9.17, 15) is 0 Å². The fourth-order valence-corrected chi connectivity index (χ4v) is 0.936. The summed E-state index contributed by atoms with van der Waals surface area (Å²) in [7, 11) is 0. The summed E-state index contributed by atoms with van der Waals surface area (Å²) in [4.78, 5) is 0. The number of hydrogen-bond donors (Lipinski definition) is 1. The molecule has 3 rings (SSSR count). The molecule has 0 amide bonds. The van der Waals surface area contributed by atoms with Gasteiger partial charge in [-0.15, -0.1) is 0 Å². The van der Waals surface area contributed by atoms with Crippen molar-refractivity contribution < 1.29 is 0 Å². The molecular weight excluding hydrogens is 210 g/mol. The van der Waals surface area contributed by atoms with E-state index < -0.39 is 0 Å². The van der Waals surface area contributed by atoms with Gasteiger partial charge in [0.2, 0.25) is 0 Å². The highest BCUT2D eigenvalue weighted by Gasteiger charge is 1.58. The molecule has 0 aliphatic heterocycles. The highest BCUT2D eigenvalue weighted by atomic mass is 15.3. The lowest BCUT2D eigenvalue weighted by Crippen LogP contribution is -1.61. The molecule has 0 bridgehead atoms. The predicted molar refractivity (Wildman–Crippen MR) is 69.3 cm³/mol. The van der Waals surface area contributed by atoms with Crippen molar-refractivity contribution in [3.8, 4) is 0 Å². The van der Waals surface area contributed by atoms with E-state index in [1.165, 1.54) is 0 Å². The maximum Gasteiger partial charge on any atom is 0.0690 e. The summed E-state index contributed by atoms with van der Waals surface area (Å²) in [5.41, 5.74) is 0. The molecule has 17 heavy (non-hydrogen) atoms. The summed E-state index contributed by atoms with van der Waals surface area (Å²) in [6.45, 7) is 0. The van der Waals surface area contributed by atoms with E-state index in [0.29, 0.717) is 0 Å². The van der Waals surface area contributed by atoms with Crippen molar-refractivity contribution in [2.24, 2.45) is 0 Å². The van der Waals surface area contributed by atoms with Gasteiger partial charge in [0.1, 0.15) is 0 Å². The zero-order valence-electron chi connectivity index (χ0n) is 9.48. The third kappa shape index (κ3) is 8.57. The van der Waals surface area contributed by atoms with Crippen molar-refractivity contribution in [1.82, 2.24) is 15.4 Å². The molecule has 86 valence electrons. The number of rotatable bonds is 0. The van der Waals surface area contributed by atoms with E-state index in [1.807, 2.05) is 72.8 Å². The Hall–Kier alpha value is -2.42. The molecule has 0 radical (unpaired) electrons. The van der Waals surface area contributed by atoms with Crippen LogP contribution in [0, 0.1) is 0 Å². The Kier molecular flexibility index (Phi) is 7.52. The Balaban J connectivity index is 0.000000128. The van der Waals surface area contributed by atoms with Crippen LogP contribution in [0.3, 0.4) is 0 Å². The van der Waals surface area contributed by atoms with E-state index in [2.05, 4.69) is 15.4 Å². The van der Waals surface area contributed by atoms with Crippen LogP contribution in [-0.2, 0) is 0 Å². The molecule has 1 heterocycles. The van der Waals surface area contributed by atoms with Crippen LogP contribution in [0.15, 0.2) is 85.2 Å². The summed E-state index contributed by atoms with van der Waals surface area (Å²) in [5, 5.41) is 9.33. The second kappa shape index (κ2) is 10.1. The van der Waals surface area contributed by atoms with Gasteiger partial charge < -0.3 is 0 Å². The van der Waals surface area contributed by atoms with E-state index in [1.54, 1.807) is 12.4 Å². The molecule has 0 fully saturated rings. The van der Waals surface area contributed by atoms with E-state index in [0.717, 1.165) is 0 Å². The quantitative estimate of drug-likeness (QED) is 0.638. The van der Waals surface area contributed by atoms with Gasteiger partial charge in [-0.2, -0.15) is 15.4 Å². The van der Waals surface area contributed by atoms with Crippen LogP contribution in [0.4, 0.5) is 0 Å². The Labute approximate surface area is 101 Å². The average Bonchev–Trinajstić information content (AvgIpc) is 3.03. The smallest absolute Gasteiger partial charge is 0.0690 e. The first kappa shape index (κ1) is 12.6. The molecule has 1 N–H and O–H groups in total. The second-order valence-electron chi connectivity index (χ2n) is 2.97. The number of benzene rings is 2. The Bertz CT molecular complexity index is 321. The number of nitrogens with one attached hydrogen (secondary N) is 1. The normalized spacial score (nSPS) is 8.00. The minimum absolute atomic E-state index is 1.58. The highest BCUT2D eigenvalue weighted by molar-refractivity contribution is 4.99. The molecule has 3 heteroatoms. The molecule has 0 saturated heterocycles. The highest BCUT2D eigenvalue weighted by Crippen LogP contribution is 1.80. The minimum Gasteiger partial charge on any atom is -0.198 e. The van der Waals surface area contributed by atoms with Gasteiger partial charge in [-0.05, 0) is 0 Å². The molecule has 1 aromatic heterocycles. The Morgan fingerprint density at radius 1 is 0.412 bits per heavy atom. The Morgan fingerprint density at radius 3 is 0.765 bits per heavy atom. The standard InChI is InChI=1S/2C6H6.C2H3N3/c2*1-2-4-6-5-3-1;1-2-4-5-3-1/h2*1-6H;1-2H,(H,3,4,5). The maximum absolute atomic E-state index is 3.49. The number of nitrogens with zero attached hydrogens (tertiary/aromatic N) is 2. The fraction of sp³-hybridized carbons (Fsp3) is 0. The largest absolute Gasteiger partial charge is 0.198 e. The van der Waals surface area contributed by atoms with Crippen LogP contribution in [0.2, 0.25) is 0 Å². The molecule has 3 aromatic rings. The SMILES string of the molecule is c1ccccc1.c1ccccc1.c1cn[nH]n1. The molecule has 0 spiro atoms. The first-order chi connectivity index (χ1) is 8.50. The number of hydrogen-bond acceptors (Lipinski definition) is 2. The van der Waals surface area contributed by atoms with Crippen molar-refractivity contribution in [3.05, 3.63) is 85.2 Å². The monoisotopic (exact) mass is 225 g/mol. The lowest BCUT2D eigenvalue weighted by Gasteiger charge is -1.69. The van der Waals surface area contributed by atoms with Crippen LogP contribution in [0.25, 0.3) is 0 Å². The Morgan fingerprint density at radius 2 is 0.647 bits per heavy atom. The third-order valence-corrected chi connectivity index (χ3v) is 1.66. The van der Waals surface area contributed by atoms with Crippen LogP contribution < -0.4 is 0 Å². The first-order valence-corrected chi connectivity index (χ1v) is 5.30. The number of H-pyrrole nitrogens is 1. The molecule has 0 saturated carbocycles. The van der Waals surface area contributed by atoms with Gasteiger partial charge in [0.25, 0.3) is 0 Å². The van der Waals surface area contributed by atoms with Crippen LogP contribution >= 0.6 is 0 Å².